The molecule has 6 nitrogen and oxygen atoms in total. The Bertz CT molecular complexity index is 693. The van der Waals surface area contributed by atoms with E-state index >= 15 is 0 Å². The minimum atomic E-state index is -0.842. The third-order valence-electron chi connectivity index (χ3n) is 2.36. The SMILES string of the molecule is O=C(Nc1cc(Cl)ccn1)c1cc(F)ccc1[N+](=O)[O-]. The molecule has 2 aromatic rings. The number of benzene rings is 1. The van der Waals surface area contributed by atoms with E-state index in [0.29, 0.717) is 5.02 Å². The summed E-state index contributed by atoms with van der Waals surface area (Å²) in [5, 5.41) is 13.5. The summed E-state index contributed by atoms with van der Waals surface area (Å²) in [5.74, 6) is -1.48. The zero-order valence-electron chi connectivity index (χ0n) is 9.84. The minimum Gasteiger partial charge on any atom is -0.306 e. The molecule has 1 aromatic carbocycles. The number of amides is 1. The predicted octanol–water partition coefficient (Wildman–Crippen LogP) is 3.03. The monoisotopic (exact) mass is 295 g/mol. The van der Waals surface area contributed by atoms with E-state index in [1.807, 2.05) is 0 Å². The van der Waals surface area contributed by atoms with Gasteiger partial charge in [-0.05, 0) is 24.3 Å². The molecule has 1 amide bonds. The molecule has 0 aliphatic carbocycles. The molecule has 8 heteroatoms. The van der Waals surface area contributed by atoms with Gasteiger partial charge in [-0.15, -0.1) is 0 Å². The molecule has 1 heterocycles. The van der Waals surface area contributed by atoms with Gasteiger partial charge in [0.2, 0.25) is 0 Å². The first-order valence-electron chi connectivity index (χ1n) is 5.34. The van der Waals surface area contributed by atoms with E-state index in [-0.39, 0.29) is 5.82 Å². The lowest BCUT2D eigenvalue weighted by Crippen LogP contribution is -2.15. The predicted molar refractivity (Wildman–Crippen MR) is 70.3 cm³/mol. The summed E-state index contributed by atoms with van der Waals surface area (Å²) in [4.78, 5) is 25.8. The molecule has 0 saturated heterocycles. The van der Waals surface area contributed by atoms with Crippen molar-refractivity contribution in [3.05, 3.63) is 63.0 Å². The summed E-state index contributed by atoms with van der Waals surface area (Å²) in [7, 11) is 0. The topological polar surface area (TPSA) is 85.1 Å². The maximum atomic E-state index is 13.1. The molecule has 0 fully saturated rings. The molecule has 0 spiro atoms. The normalized spacial score (nSPS) is 10.1. The summed E-state index contributed by atoms with van der Waals surface area (Å²) in [5.41, 5.74) is -0.886. The molecular weight excluding hydrogens is 289 g/mol. The smallest absolute Gasteiger partial charge is 0.282 e. The van der Waals surface area contributed by atoms with Crippen molar-refractivity contribution in [3.63, 3.8) is 0 Å². The van der Waals surface area contributed by atoms with Crippen molar-refractivity contribution in [1.82, 2.24) is 4.98 Å². The lowest BCUT2D eigenvalue weighted by molar-refractivity contribution is -0.385. The third-order valence-corrected chi connectivity index (χ3v) is 2.60. The van der Waals surface area contributed by atoms with E-state index in [2.05, 4.69) is 10.3 Å². The maximum Gasteiger partial charge on any atom is 0.282 e. The molecule has 0 bridgehead atoms. The Morgan fingerprint density at radius 2 is 2.10 bits per heavy atom. The molecule has 0 radical (unpaired) electrons. The standard InChI is InChI=1S/C12H7ClFN3O3/c13-7-3-4-15-11(5-7)16-12(18)9-6-8(14)1-2-10(9)17(19)20/h1-6H,(H,15,16,18). The Morgan fingerprint density at radius 1 is 1.35 bits per heavy atom. The number of rotatable bonds is 3. The number of pyridine rings is 1. The van der Waals surface area contributed by atoms with Crippen molar-refractivity contribution in [2.75, 3.05) is 5.32 Å². The second-order valence-electron chi connectivity index (χ2n) is 3.73. The van der Waals surface area contributed by atoms with E-state index in [1.165, 1.54) is 18.3 Å². The average Bonchev–Trinajstić information content (AvgIpc) is 2.38. The van der Waals surface area contributed by atoms with Crippen molar-refractivity contribution in [2.45, 2.75) is 0 Å². The summed E-state index contributed by atoms with van der Waals surface area (Å²) >= 11 is 5.72. The van der Waals surface area contributed by atoms with Gasteiger partial charge in [0, 0.05) is 17.3 Å². The third kappa shape index (κ3) is 3.07. The number of nitrogens with one attached hydrogen (secondary N) is 1. The van der Waals surface area contributed by atoms with Crippen LogP contribution >= 0.6 is 11.6 Å². The highest BCUT2D eigenvalue weighted by atomic mass is 35.5. The largest absolute Gasteiger partial charge is 0.306 e. The van der Waals surface area contributed by atoms with E-state index in [1.54, 1.807) is 0 Å². The lowest BCUT2D eigenvalue weighted by atomic mass is 10.1. The van der Waals surface area contributed by atoms with E-state index in [4.69, 9.17) is 11.6 Å². The first kappa shape index (κ1) is 13.9. The molecule has 0 aliphatic rings. The van der Waals surface area contributed by atoms with Crippen LogP contribution < -0.4 is 5.32 Å². The Labute approximate surface area is 117 Å². The number of hydrogen-bond acceptors (Lipinski definition) is 4. The van der Waals surface area contributed by atoms with E-state index in [0.717, 1.165) is 18.2 Å². The first-order chi connectivity index (χ1) is 9.47. The second kappa shape index (κ2) is 5.62. The average molecular weight is 296 g/mol. The molecule has 0 aliphatic heterocycles. The molecule has 1 aromatic heterocycles. The number of nitro groups is 1. The fourth-order valence-corrected chi connectivity index (χ4v) is 1.67. The summed E-state index contributed by atoms with van der Waals surface area (Å²) < 4.78 is 13.1. The van der Waals surface area contributed by atoms with Gasteiger partial charge in [-0.25, -0.2) is 9.37 Å². The minimum absolute atomic E-state index is 0.112. The Hall–Kier alpha value is -2.54. The zero-order valence-corrected chi connectivity index (χ0v) is 10.6. The number of carbonyl (C=O) groups is 1. The number of nitro benzene ring substituents is 1. The molecule has 0 unspecified atom stereocenters. The number of nitrogens with zero attached hydrogens (tertiary/aromatic N) is 2. The van der Waals surface area contributed by atoms with Crippen LogP contribution in [0.15, 0.2) is 36.5 Å². The van der Waals surface area contributed by atoms with Crippen LogP contribution in [0, 0.1) is 15.9 Å². The molecule has 20 heavy (non-hydrogen) atoms. The molecule has 1 N–H and O–H groups in total. The van der Waals surface area contributed by atoms with Crippen LogP contribution in [0.4, 0.5) is 15.9 Å². The van der Waals surface area contributed by atoms with Crippen LogP contribution in [0.5, 0.6) is 0 Å². The van der Waals surface area contributed by atoms with Gasteiger partial charge in [-0.1, -0.05) is 11.6 Å². The van der Waals surface area contributed by atoms with Gasteiger partial charge in [-0.2, -0.15) is 0 Å². The van der Waals surface area contributed by atoms with Gasteiger partial charge < -0.3 is 5.32 Å². The van der Waals surface area contributed by atoms with Crippen LogP contribution in [0.2, 0.25) is 5.02 Å². The number of hydrogen-bond donors (Lipinski definition) is 1. The van der Waals surface area contributed by atoms with E-state index in [9.17, 15) is 19.3 Å². The Morgan fingerprint density at radius 3 is 2.75 bits per heavy atom. The molecule has 0 atom stereocenters. The maximum absolute atomic E-state index is 13.1. The second-order valence-corrected chi connectivity index (χ2v) is 4.17. The Balaban J connectivity index is 2.34. The van der Waals surface area contributed by atoms with Gasteiger partial charge in [-0.3, -0.25) is 14.9 Å². The highest BCUT2D eigenvalue weighted by Gasteiger charge is 2.21. The van der Waals surface area contributed by atoms with Crippen molar-refractivity contribution in [2.24, 2.45) is 0 Å². The van der Waals surface area contributed by atoms with Gasteiger partial charge in [0.25, 0.3) is 11.6 Å². The van der Waals surface area contributed by atoms with Crippen LogP contribution in [0.25, 0.3) is 0 Å². The van der Waals surface area contributed by atoms with Crippen molar-refractivity contribution >= 4 is 29.0 Å². The zero-order chi connectivity index (χ0) is 14.7. The fraction of sp³-hybridized carbons (Fsp3) is 0. The van der Waals surface area contributed by atoms with Crippen LogP contribution in [0.3, 0.4) is 0 Å². The summed E-state index contributed by atoms with van der Waals surface area (Å²) in [6.07, 6.45) is 1.36. The van der Waals surface area contributed by atoms with Gasteiger partial charge >= 0.3 is 0 Å². The molecular formula is C12H7ClFN3O3. The Kier molecular flexibility index (Phi) is 3.90. The van der Waals surface area contributed by atoms with Gasteiger partial charge in [0.15, 0.2) is 0 Å². The first-order valence-corrected chi connectivity index (χ1v) is 5.72. The van der Waals surface area contributed by atoms with Gasteiger partial charge in [0.1, 0.15) is 17.2 Å². The highest BCUT2D eigenvalue weighted by molar-refractivity contribution is 6.30. The molecule has 102 valence electrons. The fourth-order valence-electron chi connectivity index (χ4n) is 1.51. The van der Waals surface area contributed by atoms with Gasteiger partial charge in [0.05, 0.1) is 4.92 Å². The summed E-state index contributed by atoms with van der Waals surface area (Å²) in [6.45, 7) is 0. The number of halogens is 2. The quantitative estimate of drug-likeness (QED) is 0.696. The van der Waals surface area contributed by atoms with Crippen LogP contribution in [0.1, 0.15) is 10.4 Å². The van der Waals surface area contributed by atoms with Crippen molar-refractivity contribution in [3.8, 4) is 0 Å². The highest BCUT2D eigenvalue weighted by Crippen LogP contribution is 2.21. The number of aromatic nitrogens is 1. The number of carbonyl (C=O) groups excluding carboxylic acids is 1. The number of anilines is 1. The van der Waals surface area contributed by atoms with Crippen LogP contribution in [-0.2, 0) is 0 Å². The van der Waals surface area contributed by atoms with Crippen LogP contribution in [-0.4, -0.2) is 15.8 Å². The molecule has 2 rings (SSSR count). The molecule has 0 saturated carbocycles. The van der Waals surface area contributed by atoms with Crippen molar-refractivity contribution < 1.29 is 14.1 Å². The van der Waals surface area contributed by atoms with E-state index < -0.39 is 27.9 Å². The van der Waals surface area contributed by atoms with Crippen molar-refractivity contribution in [1.29, 1.82) is 0 Å². The lowest BCUT2D eigenvalue weighted by Gasteiger charge is -2.05. The summed E-state index contributed by atoms with van der Waals surface area (Å²) in [6, 6.07) is 5.49.